The lowest BCUT2D eigenvalue weighted by Crippen LogP contribution is -2.72. The quantitative estimate of drug-likeness (QED) is 0.181. The first-order chi connectivity index (χ1) is 16.1. The highest BCUT2D eigenvalue weighted by molar-refractivity contribution is 5.85. The highest BCUT2D eigenvalue weighted by atomic mass is 19.4. The molecule has 0 unspecified atom stereocenters. The molecule has 214 valence electrons. The molecule has 0 radical (unpaired) electrons. The zero-order chi connectivity index (χ0) is 29.0. The van der Waals surface area contributed by atoms with Crippen molar-refractivity contribution in [3.8, 4) is 0 Å². The van der Waals surface area contributed by atoms with E-state index in [9.17, 15) is 62.3 Å². The SMILES string of the molecule is CCN(CC)C(=O)CCCCC(F)(F)C(F)(F)C(F)(F)C(F)(F)C(F)(F)C(F)(F)C(=O)N(CC)CC. The van der Waals surface area contributed by atoms with E-state index in [0.29, 0.717) is 0 Å². The van der Waals surface area contributed by atoms with Crippen molar-refractivity contribution in [2.24, 2.45) is 0 Å². The van der Waals surface area contributed by atoms with Crippen molar-refractivity contribution in [1.29, 1.82) is 0 Å². The number of nitrogens with zero attached hydrogens (tertiary/aromatic N) is 2. The lowest BCUT2D eigenvalue weighted by atomic mass is 9.89. The summed E-state index contributed by atoms with van der Waals surface area (Å²) in [6, 6.07) is 0. The molecule has 0 aromatic carbocycles. The van der Waals surface area contributed by atoms with Gasteiger partial charge in [0.25, 0.3) is 5.91 Å². The predicted molar refractivity (Wildman–Crippen MR) is 104 cm³/mol. The molecular weight excluding hydrogens is 528 g/mol. The molecule has 4 nitrogen and oxygen atoms in total. The van der Waals surface area contributed by atoms with E-state index in [2.05, 4.69) is 0 Å². The first-order valence-electron chi connectivity index (χ1n) is 10.9. The van der Waals surface area contributed by atoms with Gasteiger partial charge in [0.1, 0.15) is 0 Å². The van der Waals surface area contributed by atoms with E-state index in [1.165, 1.54) is 4.90 Å². The fourth-order valence-corrected chi connectivity index (χ4v) is 3.18. The first kappa shape index (κ1) is 34.1. The van der Waals surface area contributed by atoms with Crippen LogP contribution in [0.5, 0.6) is 0 Å². The van der Waals surface area contributed by atoms with Crippen LogP contribution in [0.1, 0.15) is 53.4 Å². The fraction of sp³-hybridized carbons (Fsp3) is 0.900. The molecule has 36 heavy (non-hydrogen) atoms. The van der Waals surface area contributed by atoms with Crippen molar-refractivity contribution < 1.29 is 62.3 Å². The van der Waals surface area contributed by atoms with E-state index in [-0.39, 0.29) is 18.0 Å². The van der Waals surface area contributed by atoms with Gasteiger partial charge in [-0.05, 0) is 40.5 Å². The van der Waals surface area contributed by atoms with Crippen LogP contribution in [0.15, 0.2) is 0 Å². The van der Waals surface area contributed by atoms with Crippen molar-refractivity contribution in [2.45, 2.75) is 88.9 Å². The molecule has 0 aliphatic carbocycles. The van der Waals surface area contributed by atoms with Gasteiger partial charge in [-0.3, -0.25) is 9.59 Å². The Balaban J connectivity index is 5.95. The average molecular weight is 556 g/mol. The zero-order valence-corrected chi connectivity index (χ0v) is 19.9. The number of unbranched alkanes of at least 4 members (excludes halogenated alkanes) is 1. The minimum atomic E-state index is -7.79. The van der Waals surface area contributed by atoms with E-state index in [0.717, 1.165) is 13.8 Å². The summed E-state index contributed by atoms with van der Waals surface area (Å²) in [7, 11) is 0. The number of alkyl halides is 12. The van der Waals surface area contributed by atoms with Crippen LogP contribution in [0, 0.1) is 0 Å². The Morgan fingerprint density at radius 2 is 0.944 bits per heavy atom. The van der Waals surface area contributed by atoms with Gasteiger partial charge in [0, 0.05) is 39.0 Å². The van der Waals surface area contributed by atoms with Crippen LogP contribution in [0.3, 0.4) is 0 Å². The van der Waals surface area contributed by atoms with Gasteiger partial charge in [-0.15, -0.1) is 0 Å². The van der Waals surface area contributed by atoms with Crippen LogP contribution < -0.4 is 0 Å². The molecule has 0 aliphatic heterocycles. The molecule has 0 aromatic rings. The third-order valence-corrected chi connectivity index (χ3v) is 5.60. The molecule has 0 atom stereocenters. The molecule has 0 aromatic heterocycles. The molecule has 0 heterocycles. The third-order valence-electron chi connectivity index (χ3n) is 5.60. The standard InChI is InChI=1S/C20H28F12N2O2/c1-5-33(6-2)13(35)11-9-10-12-15(21,22)17(25,26)19(29,30)20(31,32)18(27,28)16(23,24)14(36)34(7-3)8-4/h5-12H2,1-4H3. The second kappa shape index (κ2) is 11.7. The molecule has 0 saturated carbocycles. The first-order valence-corrected chi connectivity index (χ1v) is 10.9. The monoisotopic (exact) mass is 556 g/mol. The summed E-state index contributed by atoms with van der Waals surface area (Å²) in [5.41, 5.74) is 0. The Morgan fingerprint density at radius 1 is 0.556 bits per heavy atom. The van der Waals surface area contributed by atoms with Crippen LogP contribution in [-0.4, -0.2) is 83.3 Å². The van der Waals surface area contributed by atoms with Gasteiger partial charge < -0.3 is 9.80 Å². The minimum absolute atomic E-state index is 0.158. The molecule has 0 N–H and O–H groups in total. The summed E-state index contributed by atoms with van der Waals surface area (Å²) >= 11 is 0. The van der Waals surface area contributed by atoms with E-state index in [1.54, 1.807) is 13.8 Å². The largest absolute Gasteiger partial charge is 0.392 e. The van der Waals surface area contributed by atoms with E-state index in [4.69, 9.17) is 0 Å². The maximum Gasteiger partial charge on any atom is 0.392 e. The summed E-state index contributed by atoms with van der Waals surface area (Å²) < 4.78 is 168. The normalized spacial score (nSPS) is 14.1. The van der Waals surface area contributed by atoms with Crippen molar-refractivity contribution in [2.75, 3.05) is 26.2 Å². The number of carbonyl (C=O) groups is 2. The molecule has 0 bridgehead atoms. The predicted octanol–water partition coefficient (Wildman–Crippen LogP) is 6.10. The van der Waals surface area contributed by atoms with Crippen molar-refractivity contribution in [3.05, 3.63) is 0 Å². The van der Waals surface area contributed by atoms with Crippen molar-refractivity contribution in [1.82, 2.24) is 9.80 Å². The Labute approximate surface area is 200 Å². The van der Waals surface area contributed by atoms with E-state index >= 15 is 0 Å². The molecule has 0 rings (SSSR count). The Bertz CT molecular complexity index is 751. The van der Waals surface area contributed by atoms with Crippen LogP contribution in [0.2, 0.25) is 0 Å². The zero-order valence-electron chi connectivity index (χ0n) is 19.9. The summed E-state index contributed by atoms with van der Waals surface area (Å²) in [5.74, 6) is -46.7. The van der Waals surface area contributed by atoms with Gasteiger partial charge in [-0.1, -0.05) is 0 Å². The molecule has 0 spiro atoms. The number of carbonyl (C=O) groups excluding carboxylic acids is 2. The Hall–Kier alpha value is -1.90. The topological polar surface area (TPSA) is 40.6 Å². The molecule has 2 amide bonds. The Morgan fingerprint density at radius 3 is 1.33 bits per heavy atom. The Kier molecular flexibility index (Phi) is 11.0. The highest BCUT2D eigenvalue weighted by Gasteiger charge is 2.91. The summed E-state index contributed by atoms with van der Waals surface area (Å²) in [4.78, 5) is 24.4. The number of amides is 2. The minimum Gasteiger partial charge on any atom is -0.343 e. The van der Waals surface area contributed by atoms with Gasteiger partial charge in [0.15, 0.2) is 0 Å². The summed E-state index contributed by atoms with van der Waals surface area (Å²) in [6.45, 7) is 3.88. The van der Waals surface area contributed by atoms with Gasteiger partial charge in [-0.25, -0.2) is 0 Å². The number of halogens is 12. The van der Waals surface area contributed by atoms with Gasteiger partial charge in [0.05, 0.1) is 0 Å². The average Bonchev–Trinajstić information content (AvgIpc) is 2.77. The maximum atomic E-state index is 14.0. The number of rotatable bonds is 15. The fourth-order valence-electron chi connectivity index (χ4n) is 3.18. The lowest BCUT2D eigenvalue weighted by molar-refractivity contribution is -0.421. The second-order valence-corrected chi connectivity index (χ2v) is 7.83. The molecule has 0 fully saturated rings. The summed E-state index contributed by atoms with van der Waals surface area (Å²) in [6.07, 6.45) is -4.41. The van der Waals surface area contributed by atoms with Crippen LogP contribution >= 0.6 is 0 Å². The highest BCUT2D eigenvalue weighted by Crippen LogP contribution is 2.60. The van der Waals surface area contributed by atoms with E-state index < -0.39 is 86.1 Å². The lowest BCUT2D eigenvalue weighted by Gasteiger charge is -2.41. The van der Waals surface area contributed by atoms with Crippen LogP contribution in [0.4, 0.5) is 52.7 Å². The van der Waals surface area contributed by atoms with Gasteiger partial charge in [-0.2, -0.15) is 52.7 Å². The van der Waals surface area contributed by atoms with E-state index in [1.807, 2.05) is 0 Å². The second-order valence-electron chi connectivity index (χ2n) is 7.83. The molecule has 0 aliphatic rings. The third kappa shape index (κ3) is 5.81. The molecular formula is C20H28F12N2O2. The molecule has 0 saturated heterocycles. The van der Waals surface area contributed by atoms with Crippen LogP contribution in [-0.2, 0) is 9.59 Å². The number of hydrogen-bond donors (Lipinski definition) is 0. The van der Waals surface area contributed by atoms with Crippen molar-refractivity contribution in [3.63, 3.8) is 0 Å². The molecule has 16 heteroatoms. The number of hydrogen-bond acceptors (Lipinski definition) is 2. The van der Waals surface area contributed by atoms with Gasteiger partial charge >= 0.3 is 35.5 Å². The smallest absolute Gasteiger partial charge is 0.343 e. The maximum absolute atomic E-state index is 14.0. The van der Waals surface area contributed by atoms with Gasteiger partial charge in [0.2, 0.25) is 5.91 Å². The van der Waals surface area contributed by atoms with Crippen molar-refractivity contribution >= 4 is 11.8 Å². The summed E-state index contributed by atoms with van der Waals surface area (Å²) in [5, 5.41) is 0. The van der Waals surface area contributed by atoms with Crippen LogP contribution in [0.25, 0.3) is 0 Å².